The third-order valence-electron chi connectivity index (χ3n) is 3.10. The fourth-order valence-electron chi connectivity index (χ4n) is 2.06. The number of halogens is 1. The first kappa shape index (κ1) is 15.2. The Labute approximate surface area is 138 Å². The number of nitrogens with zero attached hydrogens (tertiary/aromatic N) is 2. The van der Waals surface area contributed by atoms with E-state index >= 15 is 0 Å². The number of benzene rings is 2. The molecule has 3 N–H and O–H groups in total. The molecule has 0 aliphatic carbocycles. The highest BCUT2D eigenvalue weighted by Crippen LogP contribution is 2.25. The minimum Gasteiger partial charge on any atom is -0.490 e. The first-order chi connectivity index (χ1) is 11.2. The Kier molecular flexibility index (Phi) is 4.63. The number of nitrogens with two attached hydrogens (primary N) is 1. The number of nitrogen functional groups attached to an aromatic ring is 1. The van der Waals surface area contributed by atoms with Crippen molar-refractivity contribution in [2.24, 2.45) is 0 Å². The summed E-state index contributed by atoms with van der Waals surface area (Å²) >= 11 is 5.90. The van der Waals surface area contributed by atoms with E-state index in [2.05, 4.69) is 15.4 Å². The van der Waals surface area contributed by atoms with Crippen molar-refractivity contribution in [3.8, 4) is 22.8 Å². The van der Waals surface area contributed by atoms with Gasteiger partial charge in [-0.05, 0) is 30.3 Å². The van der Waals surface area contributed by atoms with Crippen LogP contribution < -0.4 is 15.2 Å². The fraction of sp³-hybridized carbons (Fsp3) is 0.125. The average molecular weight is 331 g/mol. The van der Waals surface area contributed by atoms with E-state index in [1.54, 1.807) is 12.1 Å². The van der Waals surface area contributed by atoms with Crippen molar-refractivity contribution in [2.45, 2.75) is 0 Å². The monoisotopic (exact) mass is 330 g/mol. The number of nitrogens with one attached hydrogen (secondary N) is 1. The Morgan fingerprint density at radius 3 is 2.30 bits per heavy atom. The number of aromatic nitrogens is 3. The van der Waals surface area contributed by atoms with Gasteiger partial charge in [-0.1, -0.05) is 29.8 Å². The molecule has 3 rings (SSSR count). The highest BCUT2D eigenvalue weighted by Gasteiger charge is 2.07. The van der Waals surface area contributed by atoms with E-state index in [1.165, 1.54) is 0 Å². The van der Waals surface area contributed by atoms with E-state index in [4.69, 9.17) is 26.8 Å². The van der Waals surface area contributed by atoms with Gasteiger partial charge in [0.2, 0.25) is 0 Å². The minimum atomic E-state index is 0.353. The number of anilines is 1. The molecule has 118 valence electrons. The number of H-pyrrole nitrogens is 1. The summed E-state index contributed by atoms with van der Waals surface area (Å²) in [7, 11) is 0. The zero-order valence-corrected chi connectivity index (χ0v) is 13.0. The number of rotatable bonds is 6. The SMILES string of the molecule is Nc1n[nH]nc1-c1cccc(OCCOc2cccc(Cl)c2)c1. The van der Waals surface area contributed by atoms with Crippen LogP contribution in [0.3, 0.4) is 0 Å². The van der Waals surface area contributed by atoms with Crippen LogP contribution in [-0.2, 0) is 0 Å². The summed E-state index contributed by atoms with van der Waals surface area (Å²) in [5.41, 5.74) is 7.18. The van der Waals surface area contributed by atoms with Crippen LogP contribution in [0.25, 0.3) is 11.3 Å². The van der Waals surface area contributed by atoms with Gasteiger partial charge in [0.05, 0.1) is 0 Å². The van der Waals surface area contributed by atoms with E-state index in [9.17, 15) is 0 Å². The lowest BCUT2D eigenvalue weighted by Crippen LogP contribution is -2.09. The van der Waals surface area contributed by atoms with Crippen molar-refractivity contribution in [3.63, 3.8) is 0 Å². The topological polar surface area (TPSA) is 86.1 Å². The van der Waals surface area contributed by atoms with Crippen molar-refractivity contribution in [1.29, 1.82) is 0 Å². The summed E-state index contributed by atoms with van der Waals surface area (Å²) in [6, 6.07) is 14.7. The third-order valence-corrected chi connectivity index (χ3v) is 3.33. The van der Waals surface area contributed by atoms with Crippen molar-refractivity contribution < 1.29 is 9.47 Å². The predicted octanol–water partition coefficient (Wildman–Crippen LogP) is 3.17. The van der Waals surface area contributed by atoms with Gasteiger partial charge in [-0.25, -0.2) is 0 Å². The van der Waals surface area contributed by atoms with Crippen LogP contribution in [-0.4, -0.2) is 28.6 Å². The summed E-state index contributed by atoms with van der Waals surface area (Å²) in [5, 5.41) is 11.0. The standard InChI is InChI=1S/C16H15ClN4O2/c17-12-4-2-6-14(10-12)23-8-7-22-13-5-1-3-11(9-13)15-16(18)20-21-19-15/h1-6,9-10H,7-8H2,(H3,18,19,20,21). The highest BCUT2D eigenvalue weighted by molar-refractivity contribution is 6.30. The molecule has 0 saturated heterocycles. The number of ether oxygens (including phenoxy) is 2. The molecule has 0 fully saturated rings. The second-order valence-electron chi connectivity index (χ2n) is 4.74. The molecule has 0 aliphatic heterocycles. The summed E-state index contributed by atoms with van der Waals surface area (Å²) in [6.45, 7) is 0.820. The van der Waals surface area contributed by atoms with Gasteiger partial charge in [-0.15, -0.1) is 5.10 Å². The van der Waals surface area contributed by atoms with E-state index in [0.29, 0.717) is 41.2 Å². The van der Waals surface area contributed by atoms with Gasteiger partial charge >= 0.3 is 0 Å². The third kappa shape index (κ3) is 3.92. The van der Waals surface area contributed by atoms with Crippen LogP contribution in [0.4, 0.5) is 5.82 Å². The molecule has 0 atom stereocenters. The molecule has 23 heavy (non-hydrogen) atoms. The summed E-state index contributed by atoms with van der Waals surface area (Å²) < 4.78 is 11.3. The van der Waals surface area contributed by atoms with Crippen LogP contribution in [0.1, 0.15) is 0 Å². The quantitative estimate of drug-likeness (QED) is 0.678. The second-order valence-corrected chi connectivity index (χ2v) is 5.18. The van der Waals surface area contributed by atoms with Crippen LogP contribution in [0, 0.1) is 0 Å². The molecule has 3 aromatic rings. The van der Waals surface area contributed by atoms with Crippen LogP contribution in [0.15, 0.2) is 48.5 Å². The predicted molar refractivity (Wildman–Crippen MR) is 88.7 cm³/mol. The minimum absolute atomic E-state index is 0.353. The molecule has 0 spiro atoms. The maximum atomic E-state index is 5.90. The lowest BCUT2D eigenvalue weighted by Gasteiger charge is -2.09. The van der Waals surface area contributed by atoms with Crippen LogP contribution in [0.2, 0.25) is 5.02 Å². The number of hydrogen-bond acceptors (Lipinski definition) is 5. The van der Waals surface area contributed by atoms with E-state index in [-0.39, 0.29) is 0 Å². The average Bonchev–Trinajstić information content (AvgIpc) is 2.98. The molecule has 0 saturated carbocycles. The van der Waals surface area contributed by atoms with Crippen molar-refractivity contribution in [1.82, 2.24) is 15.4 Å². The molecule has 0 unspecified atom stereocenters. The molecule has 7 heteroatoms. The summed E-state index contributed by atoms with van der Waals surface area (Å²) in [6.07, 6.45) is 0. The maximum absolute atomic E-state index is 5.90. The molecule has 0 amide bonds. The van der Waals surface area contributed by atoms with Gasteiger partial charge in [-0.2, -0.15) is 10.3 Å². The Bertz CT molecular complexity index is 791. The van der Waals surface area contributed by atoms with E-state index < -0.39 is 0 Å². The largest absolute Gasteiger partial charge is 0.490 e. The first-order valence-corrected chi connectivity index (χ1v) is 7.38. The lowest BCUT2D eigenvalue weighted by molar-refractivity contribution is 0.217. The Morgan fingerprint density at radius 2 is 1.65 bits per heavy atom. The smallest absolute Gasteiger partial charge is 0.173 e. The zero-order valence-electron chi connectivity index (χ0n) is 12.2. The first-order valence-electron chi connectivity index (χ1n) is 7.00. The molecule has 2 aromatic carbocycles. The summed E-state index contributed by atoms with van der Waals surface area (Å²) in [4.78, 5) is 0. The van der Waals surface area contributed by atoms with Gasteiger partial charge in [0, 0.05) is 10.6 Å². The van der Waals surface area contributed by atoms with E-state index in [0.717, 1.165) is 5.56 Å². The lowest BCUT2D eigenvalue weighted by atomic mass is 10.1. The van der Waals surface area contributed by atoms with Gasteiger partial charge < -0.3 is 15.2 Å². The van der Waals surface area contributed by atoms with E-state index in [1.807, 2.05) is 36.4 Å². The van der Waals surface area contributed by atoms with Gasteiger partial charge in [0.25, 0.3) is 0 Å². The molecular weight excluding hydrogens is 316 g/mol. The Hall–Kier alpha value is -2.73. The second kappa shape index (κ2) is 7.02. The molecule has 1 aromatic heterocycles. The molecule has 6 nitrogen and oxygen atoms in total. The molecule has 0 bridgehead atoms. The normalized spacial score (nSPS) is 10.5. The van der Waals surface area contributed by atoms with Crippen molar-refractivity contribution in [3.05, 3.63) is 53.6 Å². The zero-order chi connectivity index (χ0) is 16.1. The number of aromatic amines is 1. The van der Waals surface area contributed by atoms with Crippen LogP contribution in [0.5, 0.6) is 11.5 Å². The highest BCUT2D eigenvalue weighted by atomic mass is 35.5. The molecule has 0 radical (unpaired) electrons. The molecule has 1 heterocycles. The molecule has 0 aliphatic rings. The maximum Gasteiger partial charge on any atom is 0.173 e. The fourth-order valence-corrected chi connectivity index (χ4v) is 2.24. The van der Waals surface area contributed by atoms with Crippen molar-refractivity contribution >= 4 is 17.4 Å². The Morgan fingerprint density at radius 1 is 0.957 bits per heavy atom. The Balaban J connectivity index is 1.56. The summed E-state index contributed by atoms with van der Waals surface area (Å²) in [5.74, 6) is 1.77. The van der Waals surface area contributed by atoms with Gasteiger partial charge in [-0.3, -0.25) is 0 Å². The van der Waals surface area contributed by atoms with Crippen molar-refractivity contribution in [2.75, 3.05) is 18.9 Å². The molecular formula is C16H15ClN4O2. The van der Waals surface area contributed by atoms with Gasteiger partial charge in [0.15, 0.2) is 5.82 Å². The van der Waals surface area contributed by atoms with Crippen LogP contribution >= 0.6 is 11.6 Å². The number of hydrogen-bond donors (Lipinski definition) is 2. The van der Waals surface area contributed by atoms with Gasteiger partial charge in [0.1, 0.15) is 30.4 Å².